The smallest absolute Gasteiger partial charge is 0.254 e. The number of amides is 1. The van der Waals surface area contributed by atoms with Gasteiger partial charge in [-0.15, -0.1) is 0 Å². The molecule has 5 nitrogen and oxygen atoms in total. The number of nitrogens with zero attached hydrogens (tertiary/aromatic N) is 2. The summed E-state index contributed by atoms with van der Waals surface area (Å²) in [6, 6.07) is 19.0. The second-order valence-corrected chi connectivity index (χ2v) is 6.94. The molecule has 1 aromatic heterocycles. The number of fused-ring (bicyclic) bond motifs is 1. The van der Waals surface area contributed by atoms with Gasteiger partial charge in [0.25, 0.3) is 5.91 Å². The van der Waals surface area contributed by atoms with Gasteiger partial charge in [0.05, 0.1) is 0 Å². The normalized spacial score (nSPS) is 13.0. The SMILES string of the molecule is CC(=O)c1cccc(Nc2cc(C(=O)N3CCc4ccccc4C3)ccn2)c1. The van der Waals surface area contributed by atoms with E-state index in [0.29, 0.717) is 30.0 Å². The van der Waals surface area contributed by atoms with Crippen LogP contribution in [-0.2, 0) is 13.0 Å². The van der Waals surface area contributed by atoms with Crippen LogP contribution in [0.3, 0.4) is 0 Å². The maximum absolute atomic E-state index is 13.0. The van der Waals surface area contributed by atoms with Crippen LogP contribution < -0.4 is 5.32 Å². The monoisotopic (exact) mass is 371 g/mol. The van der Waals surface area contributed by atoms with Gasteiger partial charge in [-0.05, 0) is 48.7 Å². The van der Waals surface area contributed by atoms with Crippen LogP contribution in [0.2, 0.25) is 0 Å². The van der Waals surface area contributed by atoms with Crippen molar-refractivity contribution in [3.05, 3.63) is 89.1 Å². The van der Waals surface area contributed by atoms with E-state index in [4.69, 9.17) is 0 Å². The molecule has 28 heavy (non-hydrogen) atoms. The number of nitrogens with one attached hydrogen (secondary N) is 1. The molecule has 3 aromatic rings. The minimum atomic E-state index is -0.00237. The van der Waals surface area contributed by atoms with Gasteiger partial charge in [-0.3, -0.25) is 9.59 Å². The topological polar surface area (TPSA) is 62.3 Å². The van der Waals surface area contributed by atoms with Crippen molar-refractivity contribution in [1.82, 2.24) is 9.88 Å². The maximum atomic E-state index is 13.0. The molecule has 1 aliphatic rings. The molecule has 0 fully saturated rings. The molecular weight excluding hydrogens is 350 g/mol. The first-order chi connectivity index (χ1) is 13.6. The highest BCUT2D eigenvalue weighted by Crippen LogP contribution is 2.22. The Morgan fingerprint density at radius 3 is 2.61 bits per heavy atom. The van der Waals surface area contributed by atoms with Crippen LogP contribution in [0.15, 0.2) is 66.9 Å². The minimum absolute atomic E-state index is 0.00237. The highest BCUT2D eigenvalue weighted by molar-refractivity contribution is 5.96. The van der Waals surface area contributed by atoms with Crippen LogP contribution in [-0.4, -0.2) is 28.1 Å². The van der Waals surface area contributed by atoms with E-state index >= 15 is 0 Å². The van der Waals surface area contributed by atoms with Crippen LogP contribution >= 0.6 is 0 Å². The fourth-order valence-electron chi connectivity index (χ4n) is 3.45. The van der Waals surface area contributed by atoms with Gasteiger partial charge in [0, 0.05) is 36.1 Å². The molecule has 0 aliphatic carbocycles. The van der Waals surface area contributed by atoms with E-state index < -0.39 is 0 Å². The Bertz CT molecular complexity index is 1050. The molecule has 0 radical (unpaired) electrons. The van der Waals surface area contributed by atoms with Crippen molar-refractivity contribution >= 4 is 23.2 Å². The van der Waals surface area contributed by atoms with Crippen molar-refractivity contribution in [1.29, 1.82) is 0 Å². The number of rotatable bonds is 4. The maximum Gasteiger partial charge on any atom is 0.254 e. The van der Waals surface area contributed by atoms with Crippen LogP contribution in [0.5, 0.6) is 0 Å². The Labute approximate surface area is 164 Å². The van der Waals surface area contributed by atoms with E-state index in [2.05, 4.69) is 22.4 Å². The number of ketones is 1. The number of pyridine rings is 1. The summed E-state index contributed by atoms with van der Waals surface area (Å²) in [6.07, 6.45) is 2.50. The highest BCUT2D eigenvalue weighted by atomic mass is 16.2. The molecular formula is C23H21N3O2. The van der Waals surface area contributed by atoms with E-state index in [9.17, 15) is 9.59 Å². The first-order valence-electron chi connectivity index (χ1n) is 9.30. The molecule has 2 heterocycles. The Hall–Kier alpha value is -3.47. The summed E-state index contributed by atoms with van der Waals surface area (Å²) in [5.41, 5.74) is 4.50. The molecule has 0 bridgehead atoms. The lowest BCUT2D eigenvalue weighted by atomic mass is 9.99. The van der Waals surface area contributed by atoms with E-state index in [-0.39, 0.29) is 11.7 Å². The Morgan fingerprint density at radius 2 is 1.79 bits per heavy atom. The average Bonchev–Trinajstić information content (AvgIpc) is 2.73. The van der Waals surface area contributed by atoms with Gasteiger partial charge < -0.3 is 10.2 Å². The number of aromatic nitrogens is 1. The lowest BCUT2D eigenvalue weighted by molar-refractivity contribution is 0.0734. The number of Topliss-reactive ketones (excluding diaryl/α,β-unsaturated/α-hetero) is 1. The van der Waals surface area contributed by atoms with Crippen LogP contribution in [0.4, 0.5) is 11.5 Å². The summed E-state index contributed by atoms with van der Waals surface area (Å²) in [7, 11) is 0. The number of carbonyl (C=O) groups is 2. The molecule has 1 aliphatic heterocycles. The van der Waals surface area contributed by atoms with Gasteiger partial charge in [0.1, 0.15) is 5.82 Å². The van der Waals surface area contributed by atoms with E-state index in [1.165, 1.54) is 18.1 Å². The lowest BCUT2D eigenvalue weighted by Crippen LogP contribution is -2.35. The molecule has 0 saturated carbocycles. The fourth-order valence-corrected chi connectivity index (χ4v) is 3.45. The van der Waals surface area contributed by atoms with Gasteiger partial charge in [-0.25, -0.2) is 4.98 Å². The zero-order valence-corrected chi connectivity index (χ0v) is 15.7. The molecule has 1 N–H and O–H groups in total. The quantitative estimate of drug-likeness (QED) is 0.697. The van der Waals surface area contributed by atoms with Crippen molar-refractivity contribution in [2.75, 3.05) is 11.9 Å². The first-order valence-corrected chi connectivity index (χ1v) is 9.30. The van der Waals surface area contributed by atoms with Crippen LogP contribution in [0.25, 0.3) is 0 Å². The number of hydrogen-bond acceptors (Lipinski definition) is 4. The van der Waals surface area contributed by atoms with Crippen molar-refractivity contribution in [2.45, 2.75) is 19.9 Å². The Morgan fingerprint density at radius 1 is 0.964 bits per heavy atom. The molecule has 1 amide bonds. The molecule has 0 unspecified atom stereocenters. The molecule has 2 aromatic carbocycles. The zero-order valence-electron chi connectivity index (χ0n) is 15.7. The molecule has 5 heteroatoms. The van der Waals surface area contributed by atoms with Gasteiger partial charge in [-0.1, -0.05) is 36.4 Å². The predicted octanol–water partition coefficient (Wildman–Crippen LogP) is 4.23. The van der Waals surface area contributed by atoms with Crippen molar-refractivity contribution in [2.24, 2.45) is 0 Å². The number of benzene rings is 2. The lowest BCUT2D eigenvalue weighted by Gasteiger charge is -2.29. The Balaban J connectivity index is 1.52. The van der Waals surface area contributed by atoms with Crippen molar-refractivity contribution < 1.29 is 9.59 Å². The summed E-state index contributed by atoms with van der Waals surface area (Å²) < 4.78 is 0. The average molecular weight is 371 g/mol. The third-order valence-electron chi connectivity index (χ3n) is 4.97. The predicted molar refractivity (Wildman–Crippen MR) is 109 cm³/mol. The highest BCUT2D eigenvalue weighted by Gasteiger charge is 2.21. The Kier molecular flexibility index (Phi) is 4.89. The second kappa shape index (κ2) is 7.64. The number of carbonyl (C=O) groups excluding carboxylic acids is 2. The van der Waals surface area contributed by atoms with E-state index in [0.717, 1.165) is 12.1 Å². The summed E-state index contributed by atoms with van der Waals surface area (Å²) >= 11 is 0. The van der Waals surface area contributed by atoms with Gasteiger partial charge >= 0.3 is 0 Å². The summed E-state index contributed by atoms with van der Waals surface area (Å²) in [5.74, 6) is 0.576. The van der Waals surface area contributed by atoms with Crippen molar-refractivity contribution in [3.63, 3.8) is 0 Å². The summed E-state index contributed by atoms with van der Waals surface area (Å²) in [6.45, 7) is 2.87. The first kappa shape index (κ1) is 17.9. The van der Waals surface area contributed by atoms with Gasteiger partial charge in [0.15, 0.2) is 5.78 Å². The molecule has 4 rings (SSSR count). The number of anilines is 2. The van der Waals surface area contributed by atoms with E-state index in [1.807, 2.05) is 29.2 Å². The minimum Gasteiger partial charge on any atom is -0.340 e. The third-order valence-corrected chi connectivity index (χ3v) is 4.97. The molecule has 0 atom stereocenters. The van der Waals surface area contributed by atoms with Gasteiger partial charge in [0.2, 0.25) is 0 Å². The summed E-state index contributed by atoms with van der Waals surface area (Å²) in [5, 5.41) is 3.18. The molecule has 0 spiro atoms. The zero-order chi connectivity index (χ0) is 19.5. The van der Waals surface area contributed by atoms with Gasteiger partial charge in [-0.2, -0.15) is 0 Å². The summed E-state index contributed by atoms with van der Waals surface area (Å²) in [4.78, 5) is 30.7. The van der Waals surface area contributed by atoms with Crippen molar-refractivity contribution in [3.8, 4) is 0 Å². The second-order valence-electron chi connectivity index (χ2n) is 6.94. The fraction of sp³-hybridized carbons (Fsp3) is 0.174. The molecule has 0 saturated heterocycles. The third kappa shape index (κ3) is 3.78. The standard InChI is InChI=1S/C23H21N3O2/c1-16(27)18-7-4-8-21(13-18)25-22-14-19(9-11-24-22)23(28)26-12-10-17-5-2-3-6-20(17)15-26/h2-9,11,13-14H,10,12,15H2,1H3,(H,24,25). The molecule has 140 valence electrons. The van der Waals surface area contributed by atoms with Crippen LogP contribution in [0, 0.1) is 0 Å². The van der Waals surface area contributed by atoms with Crippen LogP contribution in [0.1, 0.15) is 38.8 Å². The largest absolute Gasteiger partial charge is 0.340 e. The number of hydrogen-bond donors (Lipinski definition) is 1. The van der Waals surface area contributed by atoms with E-state index in [1.54, 1.807) is 30.5 Å².